The zero-order valence-electron chi connectivity index (χ0n) is 14.4. The summed E-state index contributed by atoms with van der Waals surface area (Å²) < 4.78 is 63.9. The van der Waals surface area contributed by atoms with E-state index in [1.165, 1.54) is 12.3 Å². The van der Waals surface area contributed by atoms with Gasteiger partial charge in [0, 0.05) is 30.3 Å². The Labute approximate surface area is 159 Å². The van der Waals surface area contributed by atoms with Crippen molar-refractivity contribution in [1.29, 1.82) is 0 Å². The lowest BCUT2D eigenvalue weighted by Gasteiger charge is -2.15. The third-order valence-electron chi connectivity index (χ3n) is 4.17. The lowest BCUT2D eigenvalue weighted by atomic mass is 9.96. The first-order valence-corrected chi connectivity index (χ1v) is 9.68. The van der Waals surface area contributed by atoms with Gasteiger partial charge in [0.15, 0.2) is 0 Å². The normalized spacial score (nSPS) is 12.8. The highest BCUT2D eigenvalue weighted by Crippen LogP contribution is 2.28. The van der Waals surface area contributed by atoms with Crippen LogP contribution in [-0.4, -0.2) is 13.4 Å². The van der Waals surface area contributed by atoms with E-state index in [1.807, 2.05) is 0 Å². The van der Waals surface area contributed by atoms with E-state index in [0.29, 0.717) is 16.8 Å². The minimum Gasteiger partial charge on any atom is -0.324 e. The standard InChI is InChI=1S/C19H16F3N3O2S/c20-13-6-12(7-14(21)9-13)17(23)10-18-15(2-1-5-25-18)11-3-4-16(22)19(8-11)28(24,26)27/h1-9,17H,10,23H2,(H2,24,26,27). The van der Waals surface area contributed by atoms with Crippen molar-refractivity contribution in [3.8, 4) is 11.1 Å². The van der Waals surface area contributed by atoms with Crippen LogP contribution in [0.3, 0.4) is 0 Å². The van der Waals surface area contributed by atoms with Gasteiger partial charge in [-0.25, -0.2) is 26.7 Å². The van der Waals surface area contributed by atoms with Gasteiger partial charge in [-0.2, -0.15) is 0 Å². The molecule has 0 aliphatic rings. The predicted molar refractivity (Wildman–Crippen MR) is 98.0 cm³/mol. The van der Waals surface area contributed by atoms with E-state index in [9.17, 15) is 21.6 Å². The van der Waals surface area contributed by atoms with Gasteiger partial charge >= 0.3 is 0 Å². The molecule has 0 amide bonds. The molecule has 146 valence electrons. The molecule has 1 unspecified atom stereocenters. The zero-order chi connectivity index (χ0) is 20.5. The van der Waals surface area contributed by atoms with Crippen LogP contribution >= 0.6 is 0 Å². The van der Waals surface area contributed by atoms with Crippen molar-refractivity contribution < 1.29 is 21.6 Å². The quantitative estimate of drug-likeness (QED) is 0.679. The fourth-order valence-corrected chi connectivity index (χ4v) is 3.50. The van der Waals surface area contributed by atoms with Gasteiger partial charge in [0.25, 0.3) is 0 Å². The van der Waals surface area contributed by atoms with E-state index < -0.39 is 38.4 Å². The highest BCUT2D eigenvalue weighted by molar-refractivity contribution is 7.89. The molecule has 1 aromatic heterocycles. The van der Waals surface area contributed by atoms with Crippen LogP contribution in [0.25, 0.3) is 11.1 Å². The molecule has 0 aliphatic carbocycles. The number of pyridine rings is 1. The first-order chi connectivity index (χ1) is 13.1. The number of hydrogen-bond acceptors (Lipinski definition) is 4. The Hall–Kier alpha value is -2.75. The summed E-state index contributed by atoms with van der Waals surface area (Å²) in [5.74, 6) is -2.46. The van der Waals surface area contributed by atoms with E-state index in [-0.39, 0.29) is 12.0 Å². The molecule has 2 aromatic carbocycles. The van der Waals surface area contributed by atoms with Crippen molar-refractivity contribution in [3.63, 3.8) is 0 Å². The van der Waals surface area contributed by atoms with E-state index in [0.717, 1.165) is 30.3 Å². The Bertz CT molecular complexity index is 1120. The molecule has 0 saturated heterocycles. The first kappa shape index (κ1) is 20.0. The van der Waals surface area contributed by atoms with Crippen LogP contribution in [0, 0.1) is 17.5 Å². The van der Waals surface area contributed by atoms with Gasteiger partial charge in [0.05, 0.1) is 5.69 Å². The van der Waals surface area contributed by atoms with E-state index in [2.05, 4.69) is 4.98 Å². The van der Waals surface area contributed by atoms with Crippen LogP contribution < -0.4 is 10.9 Å². The summed E-state index contributed by atoms with van der Waals surface area (Å²) in [6.07, 6.45) is 1.61. The molecule has 3 rings (SSSR count). The van der Waals surface area contributed by atoms with Gasteiger partial charge in [-0.3, -0.25) is 4.98 Å². The molecule has 0 spiro atoms. The number of benzene rings is 2. The predicted octanol–water partition coefficient (Wildman–Crippen LogP) is 3.06. The molecular weight excluding hydrogens is 391 g/mol. The Balaban J connectivity index is 2.00. The molecule has 0 radical (unpaired) electrons. The highest BCUT2D eigenvalue weighted by atomic mass is 32.2. The molecule has 9 heteroatoms. The SMILES string of the molecule is NC(Cc1ncccc1-c1ccc(F)c(S(N)(=O)=O)c1)c1cc(F)cc(F)c1. The van der Waals surface area contributed by atoms with Crippen molar-refractivity contribution in [2.24, 2.45) is 10.9 Å². The molecule has 0 fully saturated rings. The van der Waals surface area contributed by atoms with E-state index >= 15 is 0 Å². The van der Waals surface area contributed by atoms with Gasteiger partial charge in [0.2, 0.25) is 10.0 Å². The number of hydrogen-bond donors (Lipinski definition) is 2. The van der Waals surface area contributed by atoms with Crippen molar-refractivity contribution in [2.75, 3.05) is 0 Å². The lowest BCUT2D eigenvalue weighted by Crippen LogP contribution is -2.16. The number of halogens is 3. The maximum atomic E-state index is 13.8. The molecule has 3 aromatic rings. The molecule has 28 heavy (non-hydrogen) atoms. The minimum absolute atomic E-state index is 0.112. The van der Waals surface area contributed by atoms with Crippen molar-refractivity contribution in [3.05, 3.63) is 83.4 Å². The monoisotopic (exact) mass is 407 g/mol. The second-order valence-electron chi connectivity index (χ2n) is 6.20. The third-order valence-corrected chi connectivity index (χ3v) is 5.09. The second kappa shape index (κ2) is 7.70. The highest BCUT2D eigenvalue weighted by Gasteiger charge is 2.18. The van der Waals surface area contributed by atoms with Crippen molar-refractivity contribution in [1.82, 2.24) is 4.98 Å². The fraction of sp³-hybridized carbons (Fsp3) is 0.105. The summed E-state index contributed by atoms with van der Waals surface area (Å²) >= 11 is 0. The zero-order valence-corrected chi connectivity index (χ0v) is 15.3. The molecule has 1 heterocycles. The summed E-state index contributed by atoms with van der Waals surface area (Å²) in [4.78, 5) is 3.60. The number of aromatic nitrogens is 1. The van der Waals surface area contributed by atoms with Gasteiger partial charge < -0.3 is 5.73 Å². The lowest BCUT2D eigenvalue weighted by molar-refractivity contribution is 0.568. The van der Waals surface area contributed by atoms with Gasteiger partial charge in [0.1, 0.15) is 22.3 Å². The van der Waals surface area contributed by atoms with Gasteiger partial charge in [-0.1, -0.05) is 12.1 Å². The van der Waals surface area contributed by atoms with Crippen LogP contribution in [0.15, 0.2) is 59.6 Å². The Morgan fingerprint density at radius 3 is 2.32 bits per heavy atom. The van der Waals surface area contributed by atoms with E-state index in [4.69, 9.17) is 10.9 Å². The summed E-state index contributed by atoms with van der Waals surface area (Å²) in [6.45, 7) is 0. The molecule has 5 nitrogen and oxygen atoms in total. The minimum atomic E-state index is -4.26. The second-order valence-corrected chi connectivity index (χ2v) is 7.73. The Morgan fingerprint density at radius 1 is 1.00 bits per heavy atom. The van der Waals surface area contributed by atoms with Crippen LogP contribution in [0.2, 0.25) is 0 Å². The number of primary sulfonamides is 1. The average molecular weight is 407 g/mol. The molecule has 0 bridgehead atoms. The van der Waals surface area contributed by atoms with Crippen LogP contribution in [-0.2, 0) is 16.4 Å². The van der Waals surface area contributed by atoms with Gasteiger partial charge in [-0.05, 0) is 41.5 Å². The number of rotatable bonds is 5. The largest absolute Gasteiger partial charge is 0.324 e. The Kier molecular flexibility index (Phi) is 5.50. The summed E-state index contributed by atoms with van der Waals surface area (Å²) in [6, 6.07) is 9.01. The van der Waals surface area contributed by atoms with Crippen molar-refractivity contribution >= 4 is 10.0 Å². The molecular formula is C19H16F3N3O2S. The van der Waals surface area contributed by atoms with E-state index in [1.54, 1.807) is 12.1 Å². The number of nitrogens with two attached hydrogens (primary N) is 2. The Morgan fingerprint density at radius 2 is 1.68 bits per heavy atom. The van der Waals surface area contributed by atoms with Crippen molar-refractivity contribution in [2.45, 2.75) is 17.4 Å². The maximum Gasteiger partial charge on any atom is 0.240 e. The smallest absolute Gasteiger partial charge is 0.240 e. The van der Waals surface area contributed by atoms with Crippen LogP contribution in [0.4, 0.5) is 13.2 Å². The van der Waals surface area contributed by atoms with Gasteiger partial charge in [-0.15, -0.1) is 0 Å². The average Bonchev–Trinajstić information content (AvgIpc) is 2.61. The molecule has 1 atom stereocenters. The topological polar surface area (TPSA) is 99.1 Å². The number of nitrogens with zero attached hydrogens (tertiary/aromatic N) is 1. The number of sulfonamides is 1. The maximum absolute atomic E-state index is 13.8. The summed E-state index contributed by atoms with van der Waals surface area (Å²) in [5, 5.41) is 5.05. The fourth-order valence-electron chi connectivity index (χ4n) is 2.87. The first-order valence-electron chi connectivity index (χ1n) is 8.13. The third kappa shape index (κ3) is 4.38. The van der Waals surface area contributed by atoms with Crippen LogP contribution in [0.1, 0.15) is 17.3 Å². The van der Waals surface area contributed by atoms with Crippen LogP contribution in [0.5, 0.6) is 0 Å². The summed E-state index contributed by atoms with van der Waals surface area (Å²) in [5.41, 5.74) is 7.65. The summed E-state index contributed by atoms with van der Waals surface area (Å²) in [7, 11) is -4.26. The molecule has 0 aliphatic heterocycles. The molecule has 4 N–H and O–H groups in total. The molecule has 0 saturated carbocycles.